The van der Waals surface area contributed by atoms with Gasteiger partial charge in [-0.2, -0.15) is 5.10 Å². The third kappa shape index (κ3) is 3.82. The Morgan fingerprint density at radius 2 is 2.28 bits per heavy atom. The van der Waals surface area contributed by atoms with Crippen molar-refractivity contribution in [2.24, 2.45) is 0 Å². The van der Waals surface area contributed by atoms with Gasteiger partial charge in [-0.25, -0.2) is 0 Å². The maximum absolute atomic E-state index is 9.51. The topological polar surface area (TPSA) is 50.1 Å². The van der Waals surface area contributed by atoms with Crippen molar-refractivity contribution in [3.05, 3.63) is 18.0 Å². The molecule has 1 aliphatic carbocycles. The van der Waals surface area contributed by atoms with Gasteiger partial charge in [0.2, 0.25) is 0 Å². The van der Waals surface area contributed by atoms with Crippen LogP contribution in [0, 0.1) is 6.92 Å². The lowest BCUT2D eigenvalue weighted by molar-refractivity contribution is 0.160. The molecule has 0 saturated heterocycles. The van der Waals surface area contributed by atoms with Crippen molar-refractivity contribution in [3.63, 3.8) is 0 Å². The van der Waals surface area contributed by atoms with E-state index >= 15 is 0 Å². The molecule has 0 aromatic carbocycles. The van der Waals surface area contributed by atoms with Crippen LogP contribution in [0.3, 0.4) is 0 Å². The molecule has 102 valence electrons. The van der Waals surface area contributed by atoms with Crippen LogP contribution in [-0.4, -0.2) is 33.1 Å². The van der Waals surface area contributed by atoms with Crippen LogP contribution in [0.15, 0.2) is 12.3 Å². The smallest absolute Gasteiger partial charge is 0.0610 e. The molecule has 1 atom stereocenters. The van der Waals surface area contributed by atoms with Crippen molar-refractivity contribution in [1.82, 2.24) is 15.1 Å². The molecule has 0 radical (unpaired) electrons. The van der Waals surface area contributed by atoms with Gasteiger partial charge in [-0.05, 0) is 52.0 Å². The SMILES string of the molecule is Cc1ccnn1CCCCC(C)(CO)NC1CC1. The van der Waals surface area contributed by atoms with Crippen molar-refractivity contribution in [3.8, 4) is 0 Å². The second kappa shape index (κ2) is 5.85. The van der Waals surface area contributed by atoms with Gasteiger partial charge in [0, 0.05) is 30.0 Å². The van der Waals surface area contributed by atoms with Crippen LogP contribution in [0.4, 0.5) is 0 Å². The summed E-state index contributed by atoms with van der Waals surface area (Å²) in [7, 11) is 0. The summed E-state index contributed by atoms with van der Waals surface area (Å²) in [6.45, 7) is 5.41. The highest BCUT2D eigenvalue weighted by atomic mass is 16.3. The van der Waals surface area contributed by atoms with Crippen LogP contribution in [0.5, 0.6) is 0 Å². The van der Waals surface area contributed by atoms with Gasteiger partial charge < -0.3 is 10.4 Å². The molecular formula is C14H25N3O. The highest BCUT2D eigenvalue weighted by Crippen LogP contribution is 2.24. The van der Waals surface area contributed by atoms with Crippen LogP contribution < -0.4 is 5.32 Å². The molecule has 1 aromatic rings. The van der Waals surface area contributed by atoms with E-state index in [2.05, 4.69) is 24.3 Å². The molecule has 1 aromatic heterocycles. The third-order valence-electron chi connectivity index (χ3n) is 3.76. The van der Waals surface area contributed by atoms with Gasteiger partial charge in [-0.15, -0.1) is 0 Å². The first kappa shape index (κ1) is 13.6. The summed E-state index contributed by atoms with van der Waals surface area (Å²) in [5.74, 6) is 0. The minimum atomic E-state index is -0.0969. The first-order valence-corrected chi connectivity index (χ1v) is 7.00. The van der Waals surface area contributed by atoms with Gasteiger partial charge in [0.15, 0.2) is 0 Å². The highest BCUT2D eigenvalue weighted by molar-refractivity contribution is 4.96. The minimum absolute atomic E-state index is 0.0969. The summed E-state index contributed by atoms with van der Waals surface area (Å²) >= 11 is 0. The summed E-state index contributed by atoms with van der Waals surface area (Å²) in [6.07, 6.45) is 7.65. The molecule has 0 aliphatic heterocycles. The number of nitrogens with zero attached hydrogens (tertiary/aromatic N) is 2. The number of unbranched alkanes of at least 4 members (excludes halogenated alkanes) is 1. The number of aromatic nitrogens is 2. The maximum atomic E-state index is 9.51. The van der Waals surface area contributed by atoms with E-state index in [0.29, 0.717) is 6.04 Å². The van der Waals surface area contributed by atoms with Crippen molar-refractivity contribution in [1.29, 1.82) is 0 Å². The second-order valence-corrected chi connectivity index (χ2v) is 5.79. The number of aliphatic hydroxyl groups excluding tert-OH is 1. The molecule has 0 bridgehead atoms. The van der Waals surface area contributed by atoms with Crippen molar-refractivity contribution >= 4 is 0 Å². The van der Waals surface area contributed by atoms with Crippen molar-refractivity contribution in [2.45, 2.75) is 64.1 Å². The van der Waals surface area contributed by atoms with E-state index in [1.165, 1.54) is 18.5 Å². The van der Waals surface area contributed by atoms with E-state index < -0.39 is 0 Å². The summed E-state index contributed by atoms with van der Waals surface area (Å²) in [4.78, 5) is 0. The summed E-state index contributed by atoms with van der Waals surface area (Å²) < 4.78 is 2.05. The second-order valence-electron chi connectivity index (χ2n) is 5.79. The summed E-state index contributed by atoms with van der Waals surface area (Å²) in [6, 6.07) is 2.68. The standard InChI is InChI=1S/C14H25N3O/c1-12-7-9-15-17(12)10-4-3-8-14(2,11-18)16-13-5-6-13/h7,9,13,16,18H,3-6,8,10-11H2,1-2H3. The molecular weight excluding hydrogens is 226 g/mol. The summed E-state index contributed by atoms with van der Waals surface area (Å²) in [5, 5.41) is 17.3. The Labute approximate surface area is 109 Å². The van der Waals surface area contributed by atoms with Crippen LogP contribution >= 0.6 is 0 Å². The van der Waals surface area contributed by atoms with Gasteiger partial charge in [-0.1, -0.05) is 0 Å². The maximum Gasteiger partial charge on any atom is 0.0610 e. The fourth-order valence-electron chi connectivity index (χ4n) is 2.33. The molecule has 1 heterocycles. The fraction of sp³-hybridized carbons (Fsp3) is 0.786. The number of aliphatic hydroxyl groups is 1. The molecule has 4 heteroatoms. The van der Waals surface area contributed by atoms with Crippen LogP contribution in [0.2, 0.25) is 0 Å². The van der Waals surface area contributed by atoms with Crippen molar-refractivity contribution < 1.29 is 5.11 Å². The number of hydrogen-bond donors (Lipinski definition) is 2. The molecule has 1 saturated carbocycles. The Balaban J connectivity index is 1.68. The van der Waals surface area contributed by atoms with Gasteiger partial charge >= 0.3 is 0 Å². The zero-order chi connectivity index (χ0) is 13.0. The Bertz CT molecular complexity index is 373. The number of nitrogens with one attached hydrogen (secondary N) is 1. The van der Waals surface area contributed by atoms with Gasteiger partial charge in [0.1, 0.15) is 0 Å². The lowest BCUT2D eigenvalue weighted by atomic mass is 9.95. The first-order valence-electron chi connectivity index (χ1n) is 7.00. The predicted molar refractivity (Wildman–Crippen MR) is 72.5 cm³/mol. The van der Waals surface area contributed by atoms with Gasteiger partial charge in [0.25, 0.3) is 0 Å². The Morgan fingerprint density at radius 1 is 1.50 bits per heavy atom. The predicted octanol–water partition coefficient (Wildman–Crippen LogP) is 1.86. The monoisotopic (exact) mass is 251 g/mol. The van der Waals surface area contributed by atoms with E-state index in [4.69, 9.17) is 0 Å². The molecule has 4 nitrogen and oxygen atoms in total. The minimum Gasteiger partial charge on any atom is -0.394 e. The zero-order valence-electron chi connectivity index (χ0n) is 11.5. The van der Waals surface area contributed by atoms with E-state index in [-0.39, 0.29) is 12.1 Å². The normalized spacial score (nSPS) is 18.8. The Morgan fingerprint density at radius 3 is 2.83 bits per heavy atom. The number of rotatable bonds is 8. The van der Waals surface area contributed by atoms with Crippen LogP contribution in [-0.2, 0) is 6.54 Å². The van der Waals surface area contributed by atoms with Gasteiger partial charge in [-0.3, -0.25) is 4.68 Å². The van der Waals surface area contributed by atoms with E-state index in [1.807, 2.05) is 16.9 Å². The molecule has 18 heavy (non-hydrogen) atoms. The average Bonchev–Trinajstić information content (AvgIpc) is 3.07. The fourth-order valence-corrected chi connectivity index (χ4v) is 2.33. The van der Waals surface area contributed by atoms with E-state index in [1.54, 1.807) is 0 Å². The zero-order valence-corrected chi connectivity index (χ0v) is 11.5. The molecule has 0 spiro atoms. The highest BCUT2D eigenvalue weighted by Gasteiger charge is 2.31. The third-order valence-corrected chi connectivity index (χ3v) is 3.76. The lowest BCUT2D eigenvalue weighted by Gasteiger charge is -2.29. The Hall–Kier alpha value is -0.870. The molecule has 1 unspecified atom stereocenters. The molecule has 1 aliphatic rings. The Kier molecular flexibility index (Phi) is 4.40. The number of aryl methyl sites for hydroxylation is 2. The molecule has 2 N–H and O–H groups in total. The molecule has 2 rings (SSSR count). The molecule has 1 fully saturated rings. The van der Waals surface area contributed by atoms with Crippen LogP contribution in [0.1, 0.15) is 44.7 Å². The average molecular weight is 251 g/mol. The van der Waals surface area contributed by atoms with Crippen molar-refractivity contribution in [2.75, 3.05) is 6.61 Å². The molecule has 0 amide bonds. The van der Waals surface area contributed by atoms with Gasteiger partial charge in [0.05, 0.1) is 6.61 Å². The number of hydrogen-bond acceptors (Lipinski definition) is 3. The van der Waals surface area contributed by atoms with E-state index in [9.17, 15) is 5.11 Å². The quantitative estimate of drug-likeness (QED) is 0.693. The van der Waals surface area contributed by atoms with E-state index in [0.717, 1.165) is 25.8 Å². The first-order chi connectivity index (χ1) is 8.63. The lowest BCUT2D eigenvalue weighted by Crippen LogP contribution is -2.46. The summed E-state index contributed by atoms with van der Waals surface area (Å²) in [5.41, 5.74) is 1.12. The largest absolute Gasteiger partial charge is 0.394 e. The van der Waals surface area contributed by atoms with Crippen LogP contribution in [0.25, 0.3) is 0 Å².